The van der Waals surface area contributed by atoms with Gasteiger partial charge in [-0.15, -0.1) is 0 Å². The fourth-order valence-electron chi connectivity index (χ4n) is 0.917. The molecule has 1 aromatic rings. The van der Waals surface area contributed by atoms with Crippen molar-refractivity contribution in [3.8, 4) is 0 Å². The Morgan fingerprint density at radius 3 is 2.57 bits per heavy atom. The Labute approximate surface area is 104 Å². The van der Waals surface area contributed by atoms with Crippen molar-refractivity contribution < 1.29 is 9.53 Å². The van der Waals surface area contributed by atoms with E-state index in [0.29, 0.717) is 26.1 Å². The summed E-state index contributed by atoms with van der Waals surface area (Å²) in [7, 11) is 0. The number of carbonyl (C=O) groups is 1. The molecule has 76 valence electrons. The molecule has 0 amide bonds. The Hall–Kier alpha value is -0.0600. The first-order valence-electron chi connectivity index (χ1n) is 3.88. The summed E-state index contributed by atoms with van der Waals surface area (Å²) in [5, 5.41) is 0.359. The normalized spacial score (nSPS) is 10.0. The molecule has 0 spiro atoms. The second-order valence-corrected chi connectivity index (χ2v) is 4.53. The first kappa shape index (κ1) is 12.0. The van der Waals surface area contributed by atoms with Crippen LogP contribution in [0.25, 0.3) is 0 Å². The topological polar surface area (TPSA) is 26.3 Å². The molecule has 0 saturated carbocycles. The van der Waals surface area contributed by atoms with Gasteiger partial charge in [0.15, 0.2) is 0 Å². The zero-order valence-electron chi connectivity index (χ0n) is 7.31. The molecule has 0 unspecified atom stereocenters. The van der Waals surface area contributed by atoms with Gasteiger partial charge in [-0.25, -0.2) is 4.79 Å². The number of ether oxygens (including phenoxy) is 1. The highest BCUT2D eigenvalue weighted by Gasteiger charge is 2.17. The highest BCUT2D eigenvalue weighted by atomic mass is 79.9. The molecular formula is C9H7Br2ClO2. The van der Waals surface area contributed by atoms with Crippen molar-refractivity contribution in [1.82, 2.24) is 0 Å². The first-order valence-corrected chi connectivity index (χ1v) is 5.85. The largest absolute Gasteiger partial charge is 0.462 e. The lowest BCUT2D eigenvalue weighted by molar-refractivity contribution is 0.0525. The number of benzene rings is 1. The highest BCUT2D eigenvalue weighted by Crippen LogP contribution is 2.32. The molecule has 0 atom stereocenters. The molecule has 0 saturated heterocycles. The number of hydrogen-bond acceptors (Lipinski definition) is 2. The summed E-state index contributed by atoms with van der Waals surface area (Å²) in [6.45, 7) is 2.08. The van der Waals surface area contributed by atoms with E-state index < -0.39 is 5.97 Å². The zero-order valence-corrected chi connectivity index (χ0v) is 11.2. The van der Waals surface area contributed by atoms with E-state index in [1.54, 1.807) is 19.1 Å². The van der Waals surface area contributed by atoms with Crippen LogP contribution in [0.2, 0.25) is 5.02 Å². The monoisotopic (exact) mass is 340 g/mol. The molecule has 0 aliphatic heterocycles. The highest BCUT2D eigenvalue weighted by molar-refractivity contribution is 9.11. The van der Waals surface area contributed by atoms with Crippen molar-refractivity contribution in [2.24, 2.45) is 0 Å². The summed E-state index contributed by atoms with van der Waals surface area (Å²) >= 11 is 12.4. The number of carbonyl (C=O) groups excluding carboxylic acids is 1. The average Bonchev–Trinajstić information content (AvgIpc) is 2.13. The molecule has 0 aliphatic rings. The lowest BCUT2D eigenvalue weighted by Crippen LogP contribution is -2.06. The van der Waals surface area contributed by atoms with Gasteiger partial charge in [0.25, 0.3) is 0 Å². The molecule has 1 aromatic carbocycles. The van der Waals surface area contributed by atoms with Crippen LogP contribution in [-0.2, 0) is 4.74 Å². The predicted molar refractivity (Wildman–Crippen MR) is 62.8 cm³/mol. The van der Waals surface area contributed by atoms with Crippen molar-refractivity contribution >= 4 is 49.4 Å². The Bertz CT molecular complexity index is 366. The van der Waals surface area contributed by atoms with Gasteiger partial charge in [0, 0.05) is 8.95 Å². The fourth-order valence-corrected chi connectivity index (χ4v) is 2.10. The van der Waals surface area contributed by atoms with Crippen LogP contribution in [0.4, 0.5) is 0 Å². The summed E-state index contributed by atoms with van der Waals surface area (Å²) in [5.74, 6) is -0.425. The molecule has 5 heteroatoms. The summed E-state index contributed by atoms with van der Waals surface area (Å²) in [5.41, 5.74) is 0.350. The van der Waals surface area contributed by atoms with Crippen LogP contribution < -0.4 is 0 Å². The maximum absolute atomic E-state index is 11.5. The maximum atomic E-state index is 11.5. The third-order valence-electron chi connectivity index (χ3n) is 1.52. The Morgan fingerprint density at radius 1 is 1.43 bits per heavy atom. The predicted octanol–water partition coefficient (Wildman–Crippen LogP) is 4.04. The second kappa shape index (κ2) is 5.14. The fraction of sp³-hybridized carbons (Fsp3) is 0.222. The van der Waals surface area contributed by atoms with E-state index in [-0.39, 0.29) is 0 Å². The summed E-state index contributed by atoms with van der Waals surface area (Å²) in [6.07, 6.45) is 0. The van der Waals surface area contributed by atoms with E-state index in [9.17, 15) is 4.79 Å². The number of halogens is 3. The van der Waals surface area contributed by atoms with Gasteiger partial charge in [0.1, 0.15) is 0 Å². The molecule has 14 heavy (non-hydrogen) atoms. The maximum Gasteiger partial charge on any atom is 0.340 e. The van der Waals surface area contributed by atoms with Crippen LogP contribution in [-0.4, -0.2) is 12.6 Å². The summed E-state index contributed by atoms with van der Waals surface area (Å²) in [4.78, 5) is 11.5. The van der Waals surface area contributed by atoms with Crippen LogP contribution in [0.5, 0.6) is 0 Å². The van der Waals surface area contributed by atoms with Gasteiger partial charge in [-0.1, -0.05) is 11.6 Å². The smallest absolute Gasteiger partial charge is 0.340 e. The van der Waals surface area contributed by atoms with E-state index in [2.05, 4.69) is 31.9 Å². The van der Waals surface area contributed by atoms with Gasteiger partial charge in [0.05, 0.1) is 17.2 Å². The lowest BCUT2D eigenvalue weighted by atomic mass is 10.2. The molecule has 0 heterocycles. The standard InChI is InChI=1S/C9H7Br2ClO2/c1-2-14-9(13)7-5(10)3-4-6(11)8(7)12/h3-4H,2H2,1H3. The van der Waals surface area contributed by atoms with Crippen LogP contribution in [0.15, 0.2) is 21.1 Å². The van der Waals surface area contributed by atoms with Crippen molar-refractivity contribution in [2.75, 3.05) is 6.61 Å². The zero-order chi connectivity index (χ0) is 10.7. The van der Waals surface area contributed by atoms with E-state index in [1.165, 1.54) is 0 Å². The number of rotatable bonds is 2. The van der Waals surface area contributed by atoms with Crippen LogP contribution in [0.3, 0.4) is 0 Å². The molecule has 0 radical (unpaired) electrons. The lowest BCUT2D eigenvalue weighted by Gasteiger charge is -2.07. The van der Waals surface area contributed by atoms with Crippen molar-refractivity contribution in [2.45, 2.75) is 6.92 Å². The summed E-state index contributed by atoms with van der Waals surface area (Å²) < 4.78 is 6.17. The SMILES string of the molecule is CCOC(=O)c1c(Br)ccc(Br)c1Cl. The van der Waals surface area contributed by atoms with E-state index in [0.717, 1.165) is 0 Å². The van der Waals surface area contributed by atoms with Gasteiger partial charge >= 0.3 is 5.97 Å². The van der Waals surface area contributed by atoms with E-state index >= 15 is 0 Å². The van der Waals surface area contributed by atoms with E-state index in [1.807, 2.05) is 0 Å². The van der Waals surface area contributed by atoms with Crippen molar-refractivity contribution in [3.63, 3.8) is 0 Å². The van der Waals surface area contributed by atoms with Gasteiger partial charge < -0.3 is 4.74 Å². The molecular weight excluding hydrogens is 335 g/mol. The first-order chi connectivity index (χ1) is 6.57. The molecule has 2 nitrogen and oxygen atoms in total. The van der Waals surface area contributed by atoms with Crippen LogP contribution in [0, 0.1) is 0 Å². The molecule has 0 bridgehead atoms. The second-order valence-electron chi connectivity index (χ2n) is 2.44. The average molecular weight is 342 g/mol. The minimum absolute atomic E-state index is 0.327. The van der Waals surface area contributed by atoms with Gasteiger partial charge in [-0.2, -0.15) is 0 Å². The number of hydrogen-bond donors (Lipinski definition) is 0. The van der Waals surface area contributed by atoms with E-state index in [4.69, 9.17) is 16.3 Å². The van der Waals surface area contributed by atoms with Gasteiger partial charge in [-0.05, 0) is 50.9 Å². The van der Waals surface area contributed by atoms with Crippen LogP contribution >= 0.6 is 43.5 Å². The molecule has 0 aromatic heterocycles. The Morgan fingerprint density at radius 2 is 2.00 bits per heavy atom. The van der Waals surface area contributed by atoms with Crippen molar-refractivity contribution in [3.05, 3.63) is 31.7 Å². The third-order valence-corrected chi connectivity index (χ3v) is 3.47. The molecule has 0 fully saturated rings. The number of esters is 1. The van der Waals surface area contributed by atoms with Gasteiger partial charge in [0.2, 0.25) is 0 Å². The molecule has 0 N–H and O–H groups in total. The third kappa shape index (κ3) is 2.49. The Kier molecular flexibility index (Phi) is 4.41. The minimum atomic E-state index is -0.425. The Balaban J connectivity index is 3.18. The quantitative estimate of drug-likeness (QED) is 0.599. The molecule has 0 aliphatic carbocycles. The van der Waals surface area contributed by atoms with Crippen LogP contribution in [0.1, 0.15) is 17.3 Å². The van der Waals surface area contributed by atoms with Gasteiger partial charge in [-0.3, -0.25) is 0 Å². The summed E-state index contributed by atoms with van der Waals surface area (Å²) in [6, 6.07) is 3.50. The minimum Gasteiger partial charge on any atom is -0.462 e. The molecule has 1 rings (SSSR count). The van der Waals surface area contributed by atoms with Crippen molar-refractivity contribution in [1.29, 1.82) is 0 Å².